The van der Waals surface area contributed by atoms with Gasteiger partial charge in [0.1, 0.15) is 17.2 Å². The average molecular weight is 371 g/mol. The van der Waals surface area contributed by atoms with Gasteiger partial charge in [0.05, 0.1) is 6.42 Å². The van der Waals surface area contributed by atoms with Gasteiger partial charge < -0.3 is 27.3 Å². The van der Waals surface area contributed by atoms with Crippen molar-refractivity contribution in [3.63, 3.8) is 0 Å². The zero-order valence-electron chi connectivity index (χ0n) is 14.6. The number of amides is 1. The molecule has 0 atom stereocenters. The molecular weight excluding hydrogens is 350 g/mol. The number of hydrogen-bond donors (Lipinski definition) is 4. The number of carbonyl (C=O) groups excluding carboxylic acids is 2. The van der Waals surface area contributed by atoms with Crippen LogP contribution in [0.4, 0.5) is 23.0 Å². The molecule has 0 saturated carbocycles. The summed E-state index contributed by atoms with van der Waals surface area (Å²) in [6.07, 6.45) is 0.280. The van der Waals surface area contributed by atoms with E-state index in [0.717, 1.165) is 0 Å². The Morgan fingerprint density at radius 2 is 1.70 bits per heavy atom. The highest BCUT2D eigenvalue weighted by Crippen LogP contribution is 2.30. The summed E-state index contributed by atoms with van der Waals surface area (Å²) in [6, 6.07) is 9.78. The second-order valence-corrected chi connectivity index (χ2v) is 5.37. The quantitative estimate of drug-likeness (QED) is 0.310. The molecule has 1 aromatic carbocycles. The number of ether oxygens (including phenoxy) is 1. The maximum atomic E-state index is 11.6. The highest BCUT2D eigenvalue weighted by Gasteiger charge is 2.09. The van der Waals surface area contributed by atoms with Crippen molar-refractivity contribution < 1.29 is 14.3 Å². The third-order valence-electron chi connectivity index (χ3n) is 3.24. The second kappa shape index (κ2) is 9.94. The molecule has 0 aliphatic carbocycles. The number of pyridine rings is 1. The summed E-state index contributed by atoms with van der Waals surface area (Å²) >= 11 is 0. The van der Waals surface area contributed by atoms with Crippen LogP contribution in [0.15, 0.2) is 46.6 Å². The molecule has 2 rings (SSSR count). The fraction of sp³-hybridized carbons (Fsp3) is 0.235. The van der Waals surface area contributed by atoms with Gasteiger partial charge in [0.25, 0.3) is 0 Å². The lowest BCUT2D eigenvalue weighted by molar-refractivity contribution is -0.134. The third kappa shape index (κ3) is 6.13. The van der Waals surface area contributed by atoms with E-state index in [1.807, 2.05) is 0 Å². The van der Waals surface area contributed by atoms with Gasteiger partial charge in [0, 0.05) is 19.5 Å². The summed E-state index contributed by atoms with van der Waals surface area (Å²) in [5.41, 5.74) is 17.2. The number of esters is 1. The highest BCUT2D eigenvalue weighted by molar-refractivity contribution is 5.90. The van der Waals surface area contributed by atoms with E-state index in [2.05, 4.69) is 20.5 Å². The van der Waals surface area contributed by atoms with Crippen molar-refractivity contribution in [2.24, 2.45) is 21.7 Å². The van der Waals surface area contributed by atoms with Gasteiger partial charge in [0.15, 0.2) is 11.6 Å². The van der Waals surface area contributed by atoms with Crippen LogP contribution in [-0.4, -0.2) is 29.9 Å². The molecule has 1 amide bonds. The van der Waals surface area contributed by atoms with E-state index in [0.29, 0.717) is 17.2 Å². The van der Waals surface area contributed by atoms with E-state index in [4.69, 9.17) is 21.9 Å². The Morgan fingerprint density at radius 1 is 1.00 bits per heavy atom. The van der Waals surface area contributed by atoms with Crippen molar-refractivity contribution in [3.8, 4) is 5.75 Å². The second-order valence-electron chi connectivity index (χ2n) is 5.37. The molecule has 2 aromatic rings. The number of nitrogen functional groups attached to an aromatic ring is 1. The third-order valence-corrected chi connectivity index (χ3v) is 3.24. The Kier molecular flexibility index (Phi) is 7.35. The number of aromatic nitrogens is 1. The number of nitrogens with zero attached hydrogens (tertiary/aromatic N) is 3. The monoisotopic (exact) mass is 371 g/mol. The lowest BCUT2D eigenvalue weighted by Crippen LogP contribution is -2.17. The van der Waals surface area contributed by atoms with Gasteiger partial charge in [-0.1, -0.05) is 12.1 Å². The smallest absolute Gasteiger partial charge is 0.312 e. The van der Waals surface area contributed by atoms with Crippen molar-refractivity contribution in [1.29, 1.82) is 0 Å². The number of anilines is 2. The van der Waals surface area contributed by atoms with Crippen LogP contribution in [-0.2, 0) is 9.59 Å². The van der Waals surface area contributed by atoms with E-state index in [-0.39, 0.29) is 43.4 Å². The zero-order valence-corrected chi connectivity index (χ0v) is 14.6. The summed E-state index contributed by atoms with van der Waals surface area (Å²) < 4.78 is 5.21. The molecule has 0 spiro atoms. The van der Waals surface area contributed by atoms with Crippen LogP contribution >= 0.6 is 0 Å². The van der Waals surface area contributed by atoms with Crippen molar-refractivity contribution in [2.45, 2.75) is 12.8 Å². The molecule has 1 heterocycles. The molecule has 0 unspecified atom stereocenters. The van der Waals surface area contributed by atoms with Crippen molar-refractivity contribution in [3.05, 3.63) is 36.4 Å². The van der Waals surface area contributed by atoms with Gasteiger partial charge in [-0.05, 0) is 24.3 Å². The molecule has 142 valence electrons. The Morgan fingerprint density at radius 3 is 2.41 bits per heavy atom. The van der Waals surface area contributed by atoms with Crippen molar-refractivity contribution in [2.75, 3.05) is 24.1 Å². The Labute approximate surface area is 155 Å². The molecule has 0 aliphatic heterocycles. The topological polar surface area (TPSA) is 171 Å². The van der Waals surface area contributed by atoms with Crippen molar-refractivity contribution >= 4 is 34.9 Å². The zero-order chi connectivity index (χ0) is 19.6. The van der Waals surface area contributed by atoms with Crippen LogP contribution < -0.4 is 27.3 Å². The van der Waals surface area contributed by atoms with Gasteiger partial charge >= 0.3 is 5.97 Å². The number of azo groups is 1. The number of carbonyl (C=O) groups is 2. The molecule has 0 aliphatic rings. The molecule has 0 fully saturated rings. The number of benzene rings is 1. The van der Waals surface area contributed by atoms with Gasteiger partial charge in [0.2, 0.25) is 5.91 Å². The average Bonchev–Trinajstić information content (AvgIpc) is 2.62. The first-order valence-corrected chi connectivity index (χ1v) is 8.21. The van der Waals surface area contributed by atoms with Crippen LogP contribution in [0.1, 0.15) is 12.8 Å². The molecule has 27 heavy (non-hydrogen) atoms. The van der Waals surface area contributed by atoms with Crippen LogP contribution in [0, 0.1) is 0 Å². The summed E-state index contributed by atoms with van der Waals surface area (Å²) in [5, 5.41) is 10.7. The van der Waals surface area contributed by atoms with Crippen LogP contribution in [0.5, 0.6) is 5.75 Å². The fourth-order valence-electron chi connectivity index (χ4n) is 1.98. The first-order chi connectivity index (χ1) is 13.0. The number of nitrogens with one attached hydrogen (secondary N) is 1. The number of hydrogen-bond acceptors (Lipinski definition) is 9. The molecule has 7 N–H and O–H groups in total. The standard InChI is InChI=1S/C17H21N7O3/c18-9-7-15(25)21-14-6-5-12(17(20)22-14)24-23-11-3-1-2-4-13(11)27-16(26)8-10-19/h1-6H,7-10,18-19H2,(H3,20,21,22,25). The van der Waals surface area contributed by atoms with Crippen LogP contribution in [0.2, 0.25) is 0 Å². The summed E-state index contributed by atoms with van der Waals surface area (Å²) in [4.78, 5) is 27.2. The maximum absolute atomic E-state index is 11.6. The van der Waals surface area contributed by atoms with E-state index >= 15 is 0 Å². The van der Waals surface area contributed by atoms with Gasteiger partial charge in [-0.15, -0.1) is 10.2 Å². The Balaban J connectivity index is 2.14. The molecule has 0 bridgehead atoms. The Hall–Kier alpha value is -3.37. The highest BCUT2D eigenvalue weighted by atomic mass is 16.5. The SMILES string of the molecule is NCCC(=O)Nc1ccc(N=Nc2ccccc2OC(=O)CCN)c(N)n1. The number of rotatable bonds is 8. The Bertz CT molecular complexity index is 839. The lowest BCUT2D eigenvalue weighted by atomic mass is 10.3. The predicted molar refractivity (Wildman–Crippen MR) is 101 cm³/mol. The lowest BCUT2D eigenvalue weighted by Gasteiger charge is -2.07. The van der Waals surface area contributed by atoms with E-state index in [9.17, 15) is 9.59 Å². The number of para-hydroxylation sites is 1. The van der Waals surface area contributed by atoms with Crippen LogP contribution in [0.3, 0.4) is 0 Å². The summed E-state index contributed by atoms with van der Waals surface area (Å²) in [7, 11) is 0. The normalized spacial score (nSPS) is 10.7. The van der Waals surface area contributed by atoms with Crippen molar-refractivity contribution in [1.82, 2.24) is 4.98 Å². The first kappa shape index (κ1) is 19.9. The minimum Gasteiger partial charge on any atom is -0.424 e. The van der Waals surface area contributed by atoms with Gasteiger partial charge in [-0.25, -0.2) is 4.98 Å². The summed E-state index contributed by atoms with van der Waals surface area (Å²) in [5.74, 6) is -0.0780. The molecule has 0 saturated heterocycles. The van der Waals surface area contributed by atoms with Crippen LogP contribution in [0.25, 0.3) is 0 Å². The minimum absolute atomic E-state index is 0.0851. The summed E-state index contributed by atoms with van der Waals surface area (Å²) in [6.45, 7) is 0.432. The molecule has 10 heteroatoms. The van der Waals surface area contributed by atoms with E-state index in [1.54, 1.807) is 36.4 Å². The number of nitrogens with two attached hydrogens (primary N) is 3. The molecule has 0 radical (unpaired) electrons. The van der Waals surface area contributed by atoms with E-state index in [1.165, 1.54) is 0 Å². The molecule has 1 aromatic heterocycles. The maximum Gasteiger partial charge on any atom is 0.312 e. The van der Waals surface area contributed by atoms with Gasteiger partial charge in [-0.3, -0.25) is 9.59 Å². The molecular formula is C17H21N7O3. The van der Waals surface area contributed by atoms with Gasteiger partial charge in [-0.2, -0.15) is 0 Å². The molecule has 10 nitrogen and oxygen atoms in total. The minimum atomic E-state index is -0.459. The fourth-order valence-corrected chi connectivity index (χ4v) is 1.98. The predicted octanol–water partition coefficient (Wildman–Crippen LogP) is 1.62. The largest absolute Gasteiger partial charge is 0.424 e. The first-order valence-electron chi connectivity index (χ1n) is 8.21. The van der Waals surface area contributed by atoms with E-state index < -0.39 is 5.97 Å².